The summed E-state index contributed by atoms with van der Waals surface area (Å²) in [5, 5.41) is 7.45. The Balaban J connectivity index is 1.76. The van der Waals surface area contributed by atoms with E-state index in [1.165, 1.54) is 5.56 Å². The molecule has 0 radical (unpaired) electrons. The summed E-state index contributed by atoms with van der Waals surface area (Å²) in [5.41, 5.74) is 2.18. The van der Waals surface area contributed by atoms with Gasteiger partial charge in [0.1, 0.15) is 17.3 Å². The number of methoxy groups -OCH3 is 2. The van der Waals surface area contributed by atoms with Crippen molar-refractivity contribution in [2.24, 2.45) is 0 Å². The van der Waals surface area contributed by atoms with Crippen molar-refractivity contribution in [2.75, 3.05) is 14.2 Å². The Bertz CT molecular complexity index is 949. The molecule has 3 aromatic rings. The van der Waals surface area contributed by atoms with Gasteiger partial charge >= 0.3 is 0 Å². The highest BCUT2D eigenvalue weighted by Gasteiger charge is 2.43. The maximum Gasteiger partial charge on any atom is 0.200 e. The molecule has 1 N–H and O–H groups in total. The van der Waals surface area contributed by atoms with E-state index in [2.05, 4.69) is 34.5 Å². The Morgan fingerprint density at radius 1 is 1.08 bits per heavy atom. The van der Waals surface area contributed by atoms with Gasteiger partial charge in [-0.3, -0.25) is 9.67 Å². The lowest BCUT2D eigenvalue weighted by Crippen LogP contribution is -2.04. The summed E-state index contributed by atoms with van der Waals surface area (Å²) in [6, 6.07) is 16.2. The van der Waals surface area contributed by atoms with Crippen molar-refractivity contribution in [1.82, 2.24) is 14.8 Å². The molecule has 25 heavy (non-hydrogen) atoms. The van der Waals surface area contributed by atoms with Crippen LogP contribution in [0.15, 0.2) is 48.5 Å². The number of nitrogens with one attached hydrogen (secondary N) is 1. The quantitative estimate of drug-likeness (QED) is 0.698. The largest absolute Gasteiger partial charge is 0.497 e. The number of aromatic amines is 1. The van der Waals surface area contributed by atoms with E-state index in [0.717, 1.165) is 29.4 Å². The van der Waals surface area contributed by atoms with Crippen LogP contribution in [0.25, 0.3) is 5.69 Å². The van der Waals surface area contributed by atoms with Gasteiger partial charge in [0, 0.05) is 12.0 Å². The second-order valence-corrected chi connectivity index (χ2v) is 6.51. The molecule has 1 aliphatic rings. The molecule has 1 aromatic heterocycles. The molecule has 1 heterocycles. The molecule has 4 rings (SSSR count). The molecule has 0 aliphatic heterocycles. The van der Waals surface area contributed by atoms with Gasteiger partial charge in [-0.05, 0) is 42.3 Å². The molecule has 0 bridgehead atoms. The van der Waals surface area contributed by atoms with Crippen molar-refractivity contribution in [2.45, 2.75) is 18.3 Å². The topological polar surface area (TPSA) is 52.1 Å². The first-order chi connectivity index (χ1) is 12.2. The third-order valence-corrected chi connectivity index (χ3v) is 4.95. The zero-order valence-corrected chi connectivity index (χ0v) is 14.9. The van der Waals surface area contributed by atoms with Crippen molar-refractivity contribution in [3.8, 4) is 17.2 Å². The normalized spacial score (nSPS) is 18.8. The summed E-state index contributed by atoms with van der Waals surface area (Å²) in [4.78, 5) is 0. The van der Waals surface area contributed by atoms with Gasteiger partial charge in [-0.2, -0.15) is 5.10 Å². The van der Waals surface area contributed by atoms with Crippen LogP contribution < -0.4 is 9.47 Å². The van der Waals surface area contributed by atoms with Crippen molar-refractivity contribution in [3.63, 3.8) is 0 Å². The third kappa shape index (κ3) is 2.82. The van der Waals surface area contributed by atoms with Crippen molar-refractivity contribution < 1.29 is 9.47 Å². The SMILES string of the molecule is COc1ccc(OC)c(-n2c([C@H]3C[C@@H]3c3ccccc3)n[nH]c2=S)c1. The van der Waals surface area contributed by atoms with Gasteiger partial charge in [0.15, 0.2) is 4.77 Å². The minimum Gasteiger partial charge on any atom is -0.497 e. The predicted octanol–water partition coefficient (Wildman–Crippen LogP) is 4.22. The van der Waals surface area contributed by atoms with Gasteiger partial charge in [-0.1, -0.05) is 30.3 Å². The molecule has 1 fully saturated rings. The smallest absolute Gasteiger partial charge is 0.200 e. The molecule has 2 aromatic carbocycles. The van der Waals surface area contributed by atoms with Gasteiger partial charge in [0.05, 0.1) is 19.9 Å². The van der Waals surface area contributed by atoms with Gasteiger partial charge in [0.2, 0.25) is 0 Å². The molecule has 0 spiro atoms. The van der Waals surface area contributed by atoms with Crippen LogP contribution in [0, 0.1) is 4.77 Å². The molecule has 1 saturated carbocycles. The molecule has 0 amide bonds. The number of rotatable bonds is 5. The summed E-state index contributed by atoms with van der Waals surface area (Å²) >= 11 is 5.49. The van der Waals surface area contributed by atoms with E-state index in [0.29, 0.717) is 16.6 Å². The minimum absolute atomic E-state index is 0.339. The number of hydrogen-bond acceptors (Lipinski definition) is 4. The maximum atomic E-state index is 5.53. The Hall–Kier alpha value is -2.60. The van der Waals surface area contributed by atoms with Gasteiger partial charge in [-0.25, -0.2) is 0 Å². The highest BCUT2D eigenvalue weighted by Crippen LogP contribution is 2.54. The fourth-order valence-electron chi connectivity index (χ4n) is 3.31. The molecular formula is C19H19N3O2S. The first kappa shape index (κ1) is 15.9. The van der Waals surface area contributed by atoms with E-state index in [4.69, 9.17) is 21.7 Å². The highest BCUT2D eigenvalue weighted by atomic mass is 32.1. The standard InChI is InChI=1S/C19H19N3O2S/c1-23-13-8-9-17(24-2)16(10-13)22-18(20-21-19(22)25)15-11-14(15)12-6-4-3-5-7-12/h3-10,14-15H,11H2,1-2H3,(H,21,25)/t14-,15+/m1/s1. The minimum atomic E-state index is 0.339. The number of H-pyrrole nitrogens is 1. The molecule has 2 atom stereocenters. The molecular weight excluding hydrogens is 334 g/mol. The highest BCUT2D eigenvalue weighted by molar-refractivity contribution is 7.71. The Labute approximate surface area is 151 Å². The van der Waals surface area contributed by atoms with Crippen LogP contribution in [0.3, 0.4) is 0 Å². The summed E-state index contributed by atoms with van der Waals surface area (Å²) < 4.78 is 13.4. The van der Waals surface area contributed by atoms with Crippen LogP contribution in [0.4, 0.5) is 0 Å². The van der Waals surface area contributed by atoms with Crippen molar-refractivity contribution in [3.05, 3.63) is 64.7 Å². The molecule has 5 nitrogen and oxygen atoms in total. The number of hydrogen-bond donors (Lipinski definition) is 1. The zero-order valence-electron chi connectivity index (χ0n) is 14.1. The van der Waals surface area contributed by atoms with Crippen LogP contribution in [0.5, 0.6) is 11.5 Å². The first-order valence-electron chi connectivity index (χ1n) is 8.17. The monoisotopic (exact) mass is 353 g/mol. The predicted molar refractivity (Wildman–Crippen MR) is 98.4 cm³/mol. The van der Waals surface area contributed by atoms with Gasteiger partial charge < -0.3 is 9.47 Å². The molecule has 1 aliphatic carbocycles. The number of aromatic nitrogens is 3. The Morgan fingerprint density at radius 2 is 1.88 bits per heavy atom. The first-order valence-corrected chi connectivity index (χ1v) is 8.58. The number of benzene rings is 2. The molecule has 0 saturated heterocycles. The Kier molecular flexibility index (Phi) is 4.05. The van der Waals surface area contributed by atoms with E-state index >= 15 is 0 Å². The lowest BCUT2D eigenvalue weighted by Gasteiger charge is -2.13. The van der Waals surface area contributed by atoms with Crippen LogP contribution in [0.2, 0.25) is 0 Å². The average molecular weight is 353 g/mol. The van der Waals surface area contributed by atoms with Crippen LogP contribution >= 0.6 is 12.2 Å². The summed E-state index contributed by atoms with van der Waals surface area (Å²) in [6.45, 7) is 0. The maximum absolute atomic E-state index is 5.53. The lowest BCUT2D eigenvalue weighted by molar-refractivity contribution is 0.401. The second-order valence-electron chi connectivity index (χ2n) is 6.12. The lowest BCUT2D eigenvalue weighted by atomic mass is 10.1. The van der Waals surface area contributed by atoms with E-state index in [1.54, 1.807) is 14.2 Å². The fraction of sp³-hybridized carbons (Fsp3) is 0.263. The van der Waals surface area contributed by atoms with E-state index < -0.39 is 0 Å². The van der Waals surface area contributed by atoms with Crippen LogP contribution in [-0.4, -0.2) is 29.0 Å². The van der Waals surface area contributed by atoms with E-state index in [9.17, 15) is 0 Å². The second kappa shape index (κ2) is 6.37. The van der Waals surface area contributed by atoms with Gasteiger partial charge in [0.25, 0.3) is 0 Å². The van der Waals surface area contributed by atoms with E-state index in [1.807, 2.05) is 28.8 Å². The average Bonchev–Trinajstić information content (AvgIpc) is 3.37. The van der Waals surface area contributed by atoms with Gasteiger partial charge in [-0.15, -0.1) is 0 Å². The van der Waals surface area contributed by atoms with Crippen molar-refractivity contribution >= 4 is 12.2 Å². The molecule has 0 unspecified atom stereocenters. The molecule has 128 valence electrons. The van der Waals surface area contributed by atoms with Crippen molar-refractivity contribution in [1.29, 1.82) is 0 Å². The van der Waals surface area contributed by atoms with Crippen LogP contribution in [0.1, 0.15) is 29.6 Å². The zero-order chi connectivity index (χ0) is 17.4. The number of ether oxygens (including phenoxy) is 2. The van der Waals surface area contributed by atoms with Crippen LogP contribution in [-0.2, 0) is 0 Å². The third-order valence-electron chi connectivity index (χ3n) is 4.68. The Morgan fingerprint density at radius 3 is 2.60 bits per heavy atom. The summed E-state index contributed by atoms with van der Waals surface area (Å²) in [7, 11) is 3.30. The summed E-state index contributed by atoms with van der Waals surface area (Å²) in [6.07, 6.45) is 1.07. The van der Waals surface area contributed by atoms with E-state index in [-0.39, 0.29) is 0 Å². The fourth-order valence-corrected chi connectivity index (χ4v) is 3.55. The number of nitrogens with zero attached hydrogens (tertiary/aromatic N) is 2. The molecule has 6 heteroatoms. The summed E-state index contributed by atoms with van der Waals surface area (Å²) in [5.74, 6) is 3.23.